The summed E-state index contributed by atoms with van der Waals surface area (Å²) in [6.45, 7) is 3.69. The number of carboxylic acids is 1. The fourth-order valence-corrected chi connectivity index (χ4v) is 2.10. The van der Waals surface area contributed by atoms with Gasteiger partial charge in [-0.25, -0.2) is 4.39 Å². The number of likely N-dealkylation sites (N-methyl/N-ethyl adjacent to an activating group) is 1. The highest BCUT2D eigenvalue weighted by Crippen LogP contribution is 2.25. The molecule has 1 aromatic rings. The predicted molar refractivity (Wildman–Crippen MR) is 69.3 cm³/mol. The van der Waals surface area contributed by atoms with E-state index < -0.39 is 17.8 Å². The summed E-state index contributed by atoms with van der Waals surface area (Å²) >= 11 is 5.73. The maximum absolute atomic E-state index is 13.1. The summed E-state index contributed by atoms with van der Waals surface area (Å²) in [6, 6.07) is 3.74. The molecule has 2 unspecified atom stereocenters. The zero-order valence-corrected chi connectivity index (χ0v) is 11.4. The Kier molecular flexibility index (Phi) is 5.11. The van der Waals surface area contributed by atoms with Crippen molar-refractivity contribution in [2.24, 2.45) is 0 Å². The summed E-state index contributed by atoms with van der Waals surface area (Å²) < 4.78 is 13.1. The van der Waals surface area contributed by atoms with Crippen LogP contribution in [0.25, 0.3) is 0 Å². The van der Waals surface area contributed by atoms with Crippen molar-refractivity contribution in [2.75, 3.05) is 7.05 Å². The van der Waals surface area contributed by atoms with E-state index in [9.17, 15) is 9.18 Å². The second kappa shape index (κ2) is 6.16. The first-order valence-corrected chi connectivity index (χ1v) is 6.16. The van der Waals surface area contributed by atoms with Gasteiger partial charge >= 0.3 is 5.97 Å². The zero-order valence-electron chi connectivity index (χ0n) is 10.7. The molecule has 0 amide bonds. The molecule has 0 fully saturated rings. The molecule has 0 aliphatic rings. The maximum atomic E-state index is 13.1. The number of nitrogens with zero attached hydrogens (tertiary/aromatic N) is 1. The minimum Gasteiger partial charge on any atom is -0.480 e. The molecule has 1 N–H and O–H groups in total. The van der Waals surface area contributed by atoms with Crippen molar-refractivity contribution >= 4 is 17.6 Å². The van der Waals surface area contributed by atoms with Gasteiger partial charge in [-0.2, -0.15) is 0 Å². The molecule has 100 valence electrons. The lowest BCUT2D eigenvalue weighted by molar-refractivity contribution is -0.143. The van der Waals surface area contributed by atoms with Crippen molar-refractivity contribution < 1.29 is 14.3 Å². The van der Waals surface area contributed by atoms with E-state index in [1.54, 1.807) is 18.0 Å². The number of rotatable bonds is 5. The number of benzene rings is 1. The second-order valence-electron chi connectivity index (χ2n) is 4.28. The van der Waals surface area contributed by atoms with Gasteiger partial charge < -0.3 is 5.11 Å². The monoisotopic (exact) mass is 273 g/mol. The van der Waals surface area contributed by atoms with Gasteiger partial charge in [0.05, 0.1) is 5.02 Å². The highest BCUT2D eigenvalue weighted by atomic mass is 35.5. The van der Waals surface area contributed by atoms with Gasteiger partial charge in [0.15, 0.2) is 0 Å². The third kappa shape index (κ3) is 3.21. The van der Waals surface area contributed by atoms with Crippen LogP contribution in [-0.2, 0) is 4.79 Å². The fourth-order valence-electron chi connectivity index (χ4n) is 1.91. The molecule has 0 aliphatic carbocycles. The lowest BCUT2D eigenvalue weighted by atomic mass is 10.0. The van der Waals surface area contributed by atoms with Gasteiger partial charge in [0.25, 0.3) is 0 Å². The SMILES string of the molecule is CCC(C(=O)O)N(C)C(C)c1ccc(F)c(Cl)c1. The Bertz CT molecular complexity index is 439. The van der Waals surface area contributed by atoms with E-state index in [1.807, 2.05) is 13.8 Å². The minimum atomic E-state index is -0.861. The van der Waals surface area contributed by atoms with Gasteiger partial charge in [0, 0.05) is 6.04 Å². The van der Waals surface area contributed by atoms with Gasteiger partial charge in [-0.3, -0.25) is 9.69 Å². The van der Waals surface area contributed by atoms with E-state index in [-0.39, 0.29) is 11.1 Å². The summed E-state index contributed by atoms with van der Waals surface area (Å²) in [5, 5.41) is 9.16. The molecule has 0 bridgehead atoms. The van der Waals surface area contributed by atoms with Gasteiger partial charge in [-0.05, 0) is 38.1 Å². The van der Waals surface area contributed by atoms with Crippen LogP contribution in [0, 0.1) is 5.82 Å². The lowest BCUT2D eigenvalue weighted by Gasteiger charge is -2.30. The molecule has 0 heterocycles. The van der Waals surface area contributed by atoms with Crippen molar-refractivity contribution in [1.29, 1.82) is 0 Å². The van der Waals surface area contributed by atoms with Crippen LogP contribution in [0.1, 0.15) is 31.9 Å². The third-order valence-corrected chi connectivity index (χ3v) is 3.49. The topological polar surface area (TPSA) is 40.5 Å². The van der Waals surface area contributed by atoms with Crippen LogP contribution in [0.4, 0.5) is 4.39 Å². The molecular weight excluding hydrogens is 257 g/mol. The van der Waals surface area contributed by atoms with Crippen LogP contribution in [0.3, 0.4) is 0 Å². The normalized spacial score (nSPS) is 14.6. The first kappa shape index (κ1) is 14.9. The average molecular weight is 274 g/mol. The van der Waals surface area contributed by atoms with Gasteiger partial charge in [0.1, 0.15) is 11.9 Å². The van der Waals surface area contributed by atoms with Crippen molar-refractivity contribution in [3.8, 4) is 0 Å². The van der Waals surface area contributed by atoms with E-state index in [2.05, 4.69) is 0 Å². The van der Waals surface area contributed by atoms with Crippen molar-refractivity contribution in [3.63, 3.8) is 0 Å². The number of hydrogen-bond donors (Lipinski definition) is 1. The number of hydrogen-bond acceptors (Lipinski definition) is 2. The predicted octanol–water partition coefficient (Wildman–Crippen LogP) is 3.34. The van der Waals surface area contributed by atoms with Gasteiger partial charge in [0.2, 0.25) is 0 Å². The summed E-state index contributed by atoms with van der Waals surface area (Å²) in [5.41, 5.74) is 0.795. The highest BCUT2D eigenvalue weighted by Gasteiger charge is 2.25. The molecule has 0 saturated heterocycles. The molecule has 0 aliphatic heterocycles. The second-order valence-corrected chi connectivity index (χ2v) is 4.68. The molecule has 1 aromatic carbocycles. The number of aliphatic carboxylic acids is 1. The molecule has 0 radical (unpaired) electrons. The Morgan fingerprint density at radius 1 is 1.56 bits per heavy atom. The molecule has 2 atom stereocenters. The first-order valence-electron chi connectivity index (χ1n) is 5.78. The molecule has 5 heteroatoms. The Labute approximate surface area is 111 Å². The van der Waals surface area contributed by atoms with Crippen molar-refractivity contribution in [1.82, 2.24) is 4.90 Å². The Morgan fingerprint density at radius 2 is 2.17 bits per heavy atom. The van der Waals surface area contributed by atoms with Crippen LogP contribution < -0.4 is 0 Å². The minimum absolute atomic E-state index is 0.0520. The molecule has 18 heavy (non-hydrogen) atoms. The molecule has 0 saturated carbocycles. The van der Waals surface area contributed by atoms with Crippen LogP contribution in [0.2, 0.25) is 5.02 Å². The first-order chi connectivity index (χ1) is 8.38. The molecule has 1 rings (SSSR count). The standard InChI is InChI=1S/C13H17ClFNO2/c1-4-12(13(17)18)16(3)8(2)9-5-6-11(15)10(14)7-9/h5-8,12H,4H2,1-3H3,(H,17,18). The summed E-state index contributed by atoms with van der Waals surface area (Å²) in [5.74, 6) is -1.33. The largest absolute Gasteiger partial charge is 0.480 e. The molecular formula is C13H17ClFNO2. The van der Waals surface area contributed by atoms with E-state index in [0.717, 1.165) is 5.56 Å². The summed E-state index contributed by atoms with van der Waals surface area (Å²) in [6.07, 6.45) is 0.505. The quantitative estimate of drug-likeness (QED) is 0.894. The number of carboxylic acid groups (broad SMARTS) is 1. The van der Waals surface area contributed by atoms with Gasteiger partial charge in [-0.1, -0.05) is 24.6 Å². The number of carbonyl (C=O) groups is 1. The Balaban J connectivity index is 2.94. The van der Waals surface area contributed by atoms with Gasteiger partial charge in [-0.15, -0.1) is 0 Å². The molecule has 0 spiro atoms. The summed E-state index contributed by atoms with van der Waals surface area (Å²) in [7, 11) is 1.74. The van der Waals surface area contributed by atoms with E-state index in [0.29, 0.717) is 6.42 Å². The lowest BCUT2D eigenvalue weighted by Crippen LogP contribution is -2.39. The van der Waals surface area contributed by atoms with Crippen LogP contribution in [0.15, 0.2) is 18.2 Å². The molecule has 3 nitrogen and oxygen atoms in total. The van der Waals surface area contributed by atoms with Crippen molar-refractivity contribution in [2.45, 2.75) is 32.4 Å². The average Bonchev–Trinajstić information content (AvgIpc) is 2.32. The smallest absolute Gasteiger partial charge is 0.320 e. The van der Waals surface area contributed by atoms with E-state index in [1.165, 1.54) is 12.1 Å². The van der Waals surface area contributed by atoms with Crippen LogP contribution in [0.5, 0.6) is 0 Å². The maximum Gasteiger partial charge on any atom is 0.320 e. The van der Waals surface area contributed by atoms with Crippen LogP contribution in [-0.4, -0.2) is 29.1 Å². The Morgan fingerprint density at radius 3 is 2.61 bits per heavy atom. The Hall–Kier alpha value is -1.13. The van der Waals surface area contributed by atoms with E-state index >= 15 is 0 Å². The fraction of sp³-hybridized carbons (Fsp3) is 0.462. The number of halogens is 2. The van der Waals surface area contributed by atoms with Crippen LogP contribution >= 0.6 is 11.6 Å². The highest BCUT2D eigenvalue weighted by molar-refractivity contribution is 6.30. The van der Waals surface area contributed by atoms with Crippen molar-refractivity contribution in [3.05, 3.63) is 34.6 Å². The molecule has 0 aromatic heterocycles. The summed E-state index contributed by atoms with van der Waals surface area (Å²) in [4.78, 5) is 12.8. The zero-order chi connectivity index (χ0) is 13.9. The third-order valence-electron chi connectivity index (χ3n) is 3.20. The van der Waals surface area contributed by atoms with E-state index in [4.69, 9.17) is 16.7 Å².